The normalized spacial score (nSPS) is 10.4. The van der Waals surface area contributed by atoms with Gasteiger partial charge in [0.2, 0.25) is 0 Å². The fourth-order valence-corrected chi connectivity index (χ4v) is 1.80. The number of phenols is 1. The Balaban J connectivity index is 2.07. The van der Waals surface area contributed by atoms with Crippen molar-refractivity contribution in [3.63, 3.8) is 0 Å². The lowest BCUT2D eigenvalue weighted by Gasteiger charge is -2.11. The van der Waals surface area contributed by atoms with Crippen LogP contribution < -0.4 is 10.1 Å². The summed E-state index contributed by atoms with van der Waals surface area (Å²) in [6.07, 6.45) is 0. The van der Waals surface area contributed by atoms with Crippen LogP contribution in [-0.4, -0.2) is 17.6 Å². The van der Waals surface area contributed by atoms with Crippen molar-refractivity contribution in [1.29, 1.82) is 0 Å². The molecule has 0 aliphatic rings. The van der Waals surface area contributed by atoms with Crippen molar-refractivity contribution >= 4 is 5.91 Å². The zero-order chi connectivity index (χ0) is 15.2. The van der Waals surface area contributed by atoms with Crippen molar-refractivity contribution < 1.29 is 23.4 Å². The molecule has 0 spiro atoms. The van der Waals surface area contributed by atoms with Crippen molar-refractivity contribution in [1.82, 2.24) is 5.32 Å². The van der Waals surface area contributed by atoms with Crippen LogP contribution in [0.3, 0.4) is 0 Å². The highest BCUT2D eigenvalue weighted by Gasteiger charge is 2.12. The molecule has 0 unspecified atom stereocenters. The number of benzene rings is 2. The molecule has 0 fully saturated rings. The molecule has 110 valence electrons. The van der Waals surface area contributed by atoms with E-state index < -0.39 is 12.5 Å². The molecule has 0 radical (unpaired) electrons. The van der Waals surface area contributed by atoms with Gasteiger partial charge in [-0.15, -0.1) is 0 Å². The van der Waals surface area contributed by atoms with Crippen molar-refractivity contribution in [2.75, 3.05) is 0 Å². The van der Waals surface area contributed by atoms with E-state index >= 15 is 0 Å². The van der Waals surface area contributed by atoms with E-state index in [9.17, 15) is 18.7 Å². The first-order valence-electron chi connectivity index (χ1n) is 6.17. The average molecular weight is 293 g/mol. The van der Waals surface area contributed by atoms with Gasteiger partial charge in [0, 0.05) is 12.1 Å². The number of carbonyl (C=O) groups excluding carboxylic acids is 1. The molecule has 1 amide bonds. The molecular weight excluding hydrogens is 280 g/mol. The molecule has 4 nitrogen and oxygen atoms in total. The minimum atomic E-state index is -2.93. The van der Waals surface area contributed by atoms with Gasteiger partial charge in [0.05, 0.1) is 5.56 Å². The summed E-state index contributed by atoms with van der Waals surface area (Å²) in [5.41, 5.74) is 0.534. The zero-order valence-corrected chi connectivity index (χ0v) is 10.9. The van der Waals surface area contributed by atoms with Gasteiger partial charge in [-0.1, -0.05) is 30.3 Å². The van der Waals surface area contributed by atoms with Crippen LogP contribution in [0.5, 0.6) is 11.5 Å². The topological polar surface area (TPSA) is 58.6 Å². The van der Waals surface area contributed by atoms with Gasteiger partial charge in [-0.2, -0.15) is 8.78 Å². The number of aromatic hydroxyl groups is 1. The van der Waals surface area contributed by atoms with Gasteiger partial charge in [-0.3, -0.25) is 4.79 Å². The van der Waals surface area contributed by atoms with E-state index in [1.165, 1.54) is 18.2 Å². The third-order valence-corrected chi connectivity index (χ3v) is 2.78. The molecule has 0 bridgehead atoms. The van der Waals surface area contributed by atoms with E-state index in [0.29, 0.717) is 5.56 Å². The van der Waals surface area contributed by atoms with Crippen LogP contribution in [0.2, 0.25) is 0 Å². The summed E-state index contributed by atoms with van der Waals surface area (Å²) in [4.78, 5) is 11.9. The maximum atomic E-state index is 12.3. The average Bonchev–Trinajstić information content (AvgIpc) is 2.46. The third kappa shape index (κ3) is 3.92. The molecule has 0 aliphatic heterocycles. The SMILES string of the molecule is O=C(NCc1ccccc1OC(F)F)c1ccccc1O. The van der Waals surface area contributed by atoms with Gasteiger partial charge in [0.1, 0.15) is 11.5 Å². The molecule has 2 aromatic rings. The number of carbonyl (C=O) groups is 1. The minimum absolute atomic E-state index is 0.00471. The van der Waals surface area contributed by atoms with Crippen LogP contribution in [0.25, 0.3) is 0 Å². The zero-order valence-electron chi connectivity index (χ0n) is 10.9. The second-order valence-electron chi connectivity index (χ2n) is 4.19. The van der Waals surface area contributed by atoms with E-state index in [2.05, 4.69) is 10.1 Å². The van der Waals surface area contributed by atoms with Crippen molar-refractivity contribution in [3.05, 3.63) is 59.7 Å². The number of phenolic OH excluding ortho intramolecular Hbond substituents is 1. The van der Waals surface area contributed by atoms with Crippen LogP contribution >= 0.6 is 0 Å². The number of nitrogens with one attached hydrogen (secondary N) is 1. The second-order valence-corrected chi connectivity index (χ2v) is 4.19. The lowest BCUT2D eigenvalue weighted by molar-refractivity contribution is -0.0504. The first kappa shape index (κ1) is 14.8. The summed E-state index contributed by atoms with van der Waals surface area (Å²) in [6.45, 7) is -2.92. The smallest absolute Gasteiger partial charge is 0.387 e. The second kappa shape index (κ2) is 6.69. The predicted octanol–water partition coefficient (Wildman–Crippen LogP) is 2.92. The van der Waals surface area contributed by atoms with Crippen LogP contribution in [0.1, 0.15) is 15.9 Å². The molecule has 6 heteroatoms. The third-order valence-electron chi connectivity index (χ3n) is 2.78. The Labute approximate surface area is 120 Å². The number of amides is 1. The minimum Gasteiger partial charge on any atom is -0.507 e. The Hall–Kier alpha value is -2.63. The Morgan fingerprint density at radius 3 is 2.52 bits per heavy atom. The molecule has 0 aliphatic carbocycles. The van der Waals surface area contributed by atoms with Gasteiger partial charge in [0.25, 0.3) is 5.91 Å². The van der Waals surface area contributed by atoms with Crippen molar-refractivity contribution in [3.8, 4) is 11.5 Å². The van der Waals surface area contributed by atoms with Crippen molar-refractivity contribution in [2.24, 2.45) is 0 Å². The number of halogens is 2. The van der Waals surface area contributed by atoms with E-state index in [0.717, 1.165) is 0 Å². The van der Waals surface area contributed by atoms with E-state index in [1.807, 2.05) is 0 Å². The summed E-state index contributed by atoms with van der Waals surface area (Å²) >= 11 is 0. The number of hydrogen-bond donors (Lipinski definition) is 2. The molecule has 0 saturated carbocycles. The lowest BCUT2D eigenvalue weighted by Crippen LogP contribution is -2.23. The number of para-hydroxylation sites is 2. The standard InChI is InChI=1S/C15H13F2NO3/c16-15(17)21-13-8-4-1-5-10(13)9-18-14(20)11-6-2-3-7-12(11)19/h1-8,15,19H,9H2,(H,18,20). The monoisotopic (exact) mass is 293 g/mol. The molecule has 2 N–H and O–H groups in total. The van der Waals surface area contributed by atoms with Crippen molar-refractivity contribution in [2.45, 2.75) is 13.2 Å². The highest BCUT2D eigenvalue weighted by molar-refractivity contribution is 5.96. The number of alkyl halides is 2. The maximum Gasteiger partial charge on any atom is 0.387 e. The summed E-state index contributed by atoms with van der Waals surface area (Å²) in [6, 6.07) is 12.2. The van der Waals surface area contributed by atoms with Gasteiger partial charge >= 0.3 is 6.61 Å². The molecule has 2 aromatic carbocycles. The Kier molecular flexibility index (Phi) is 4.71. The van der Waals surface area contributed by atoms with Gasteiger partial charge in [-0.05, 0) is 18.2 Å². The molecule has 0 heterocycles. The summed E-state index contributed by atoms with van der Waals surface area (Å²) in [5.74, 6) is -0.642. The Morgan fingerprint density at radius 1 is 1.14 bits per heavy atom. The van der Waals surface area contributed by atoms with Gasteiger partial charge in [-0.25, -0.2) is 0 Å². The first-order valence-corrected chi connectivity index (χ1v) is 6.17. The quantitative estimate of drug-likeness (QED) is 0.891. The van der Waals surface area contributed by atoms with Crippen LogP contribution in [0.15, 0.2) is 48.5 Å². The largest absolute Gasteiger partial charge is 0.507 e. The van der Waals surface area contributed by atoms with Crippen LogP contribution in [-0.2, 0) is 6.54 Å². The molecule has 0 aromatic heterocycles. The highest BCUT2D eigenvalue weighted by Crippen LogP contribution is 2.21. The van der Waals surface area contributed by atoms with Gasteiger partial charge < -0.3 is 15.2 Å². The molecule has 2 rings (SSSR count). The summed E-state index contributed by atoms with van der Waals surface area (Å²) in [7, 11) is 0. The summed E-state index contributed by atoms with van der Waals surface area (Å²) < 4.78 is 28.9. The fraction of sp³-hybridized carbons (Fsp3) is 0.133. The molecular formula is C15H13F2NO3. The fourth-order valence-electron chi connectivity index (χ4n) is 1.80. The number of hydrogen-bond acceptors (Lipinski definition) is 3. The highest BCUT2D eigenvalue weighted by atomic mass is 19.3. The predicted molar refractivity (Wildman–Crippen MR) is 72.4 cm³/mol. The lowest BCUT2D eigenvalue weighted by atomic mass is 10.1. The Morgan fingerprint density at radius 2 is 1.81 bits per heavy atom. The van der Waals surface area contributed by atoms with Crippen LogP contribution in [0.4, 0.5) is 8.78 Å². The first-order chi connectivity index (χ1) is 10.1. The number of rotatable bonds is 5. The molecule has 0 saturated heterocycles. The van der Waals surface area contributed by atoms with Gasteiger partial charge in [0.15, 0.2) is 0 Å². The van der Waals surface area contributed by atoms with E-state index in [-0.39, 0.29) is 23.6 Å². The Bertz CT molecular complexity index is 632. The number of ether oxygens (including phenoxy) is 1. The van der Waals surface area contributed by atoms with E-state index in [1.54, 1.807) is 30.3 Å². The van der Waals surface area contributed by atoms with Crippen LogP contribution in [0, 0.1) is 0 Å². The van der Waals surface area contributed by atoms with E-state index in [4.69, 9.17) is 0 Å². The molecule has 0 atom stereocenters. The maximum absolute atomic E-state index is 12.3. The molecule has 21 heavy (non-hydrogen) atoms. The summed E-state index contributed by atoms with van der Waals surface area (Å²) in [5, 5.41) is 12.1.